The predicted octanol–water partition coefficient (Wildman–Crippen LogP) is 1.60. The van der Waals surface area contributed by atoms with E-state index in [4.69, 9.17) is 4.52 Å². The van der Waals surface area contributed by atoms with Gasteiger partial charge >= 0.3 is 0 Å². The van der Waals surface area contributed by atoms with Crippen molar-refractivity contribution in [2.75, 3.05) is 5.32 Å². The number of rotatable bonds is 5. The molecule has 0 saturated carbocycles. The van der Waals surface area contributed by atoms with Gasteiger partial charge in [-0.05, 0) is 38.5 Å². The highest BCUT2D eigenvalue weighted by Gasteiger charge is 2.22. The second kappa shape index (κ2) is 6.29. The van der Waals surface area contributed by atoms with Crippen molar-refractivity contribution in [3.63, 3.8) is 0 Å². The standard InChI is InChI=1S/C14H17N3O4S/c1-9-5-4-6-12(7-9)22(19,20)17-11(3)14(18)15-13-8-10(2)21-16-13/h4-8,11,17H,1-3H3,(H,15,16,18)/t11-/m0/s1. The van der Waals surface area contributed by atoms with Gasteiger partial charge in [-0.2, -0.15) is 4.72 Å². The van der Waals surface area contributed by atoms with Gasteiger partial charge in [0, 0.05) is 6.07 Å². The maximum absolute atomic E-state index is 12.2. The molecule has 0 aliphatic heterocycles. The van der Waals surface area contributed by atoms with E-state index in [1.54, 1.807) is 32.0 Å². The number of benzene rings is 1. The van der Waals surface area contributed by atoms with Gasteiger partial charge in [0.1, 0.15) is 5.76 Å². The van der Waals surface area contributed by atoms with Crippen LogP contribution < -0.4 is 10.0 Å². The number of nitrogens with zero attached hydrogens (tertiary/aromatic N) is 1. The number of sulfonamides is 1. The minimum atomic E-state index is -3.77. The van der Waals surface area contributed by atoms with Crippen molar-refractivity contribution in [2.45, 2.75) is 31.7 Å². The largest absolute Gasteiger partial charge is 0.360 e. The second-order valence-corrected chi connectivity index (χ2v) is 6.69. The van der Waals surface area contributed by atoms with Crippen LogP contribution in [0.5, 0.6) is 0 Å². The molecule has 8 heteroatoms. The minimum absolute atomic E-state index is 0.115. The molecule has 1 aromatic carbocycles. The Hall–Kier alpha value is -2.19. The van der Waals surface area contributed by atoms with E-state index in [1.807, 2.05) is 0 Å². The fourth-order valence-corrected chi connectivity index (χ4v) is 3.10. The molecule has 0 unspecified atom stereocenters. The first kappa shape index (κ1) is 16.2. The first-order chi connectivity index (χ1) is 10.3. The summed E-state index contributed by atoms with van der Waals surface area (Å²) in [6, 6.07) is 7.03. The topological polar surface area (TPSA) is 101 Å². The Morgan fingerprint density at radius 2 is 2.00 bits per heavy atom. The number of carbonyl (C=O) groups excluding carboxylic acids is 1. The van der Waals surface area contributed by atoms with E-state index < -0.39 is 22.0 Å². The number of aryl methyl sites for hydroxylation is 2. The van der Waals surface area contributed by atoms with Crippen LogP contribution in [0.2, 0.25) is 0 Å². The van der Waals surface area contributed by atoms with Crippen LogP contribution in [-0.2, 0) is 14.8 Å². The molecule has 1 aromatic heterocycles. The maximum atomic E-state index is 12.2. The normalized spacial score (nSPS) is 12.9. The Bertz CT molecular complexity index is 783. The van der Waals surface area contributed by atoms with Gasteiger partial charge in [-0.25, -0.2) is 8.42 Å². The number of amides is 1. The fourth-order valence-electron chi connectivity index (χ4n) is 1.80. The van der Waals surface area contributed by atoms with Crippen LogP contribution in [-0.4, -0.2) is 25.5 Å². The van der Waals surface area contributed by atoms with Crippen molar-refractivity contribution in [2.24, 2.45) is 0 Å². The van der Waals surface area contributed by atoms with E-state index in [0.717, 1.165) is 5.56 Å². The van der Waals surface area contributed by atoms with Crippen molar-refractivity contribution in [1.29, 1.82) is 0 Å². The van der Waals surface area contributed by atoms with Gasteiger partial charge in [0.2, 0.25) is 15.9 Å². The third kappa shape index (κ3) is 3.92. The Balaban J connectivity index is 2.07. The molecule has 0 radical (unpaired) electrons. The molecule has 7 nitrogen and oxygen atoms in total. The molecule has 2 rings (SSSR count). The zero-order valence-electron chi connectivity index (χ0n) is 12.5. The predicted molar refractivity (Wildman–Crippen MR) is 80.8 cm³/mol. The SMILES string of the molecule is Cc1cccc(S(=O)(=O)N[C@@H](C)C(=O)Nc2cc(C)on2)c1. The third-order valence-corrected chi connectivity index (χ3v) is 4.44. The summed E-state index contributed by atoms with van der Waals surface area (Å²) in [5, 5.41) is 6.10. The number of hydrogen-bond acceptors (Lipinski definition) is 5. The summed E-state index contributed by atoms with van der Waals surface area (Å²) in [5.41, 5.74) is 0.818. The van der Waals surface area contributed by atoms with Crippen LogP contribution in [0.4, 0.5) is 5.82 Å². The molecule has 0 fully saturated rings. The van der Waals surface area contributed by atoms with Crippen molar-refractivity contribution in [3.8, 4) is 0 Å². The van der Waals surface area contributed by atoms with Crippen LogP contribution in [0.3, 0.4) is 0 Å². The first-order valence-electron chi connectivity index (χ1n) is 6.61. The monoisotopic (exact) mass is 323 g/mol. The Labute approximate surface area is 128 Å². The molecule has 0 aliphatic rings. The van der Waals surface area contributed by atoms with Crippen LogP contribution in [0.25, 0.3) is 0 Å². The average Bonchev–Trinajstić information content (AvgIpc) is 2.83. The van der Waals surface area contributed by atoms with Gasteiger partial charge in [0.25, 0.3) is 0 Å². The summed E-state index contributed by atoms with van der Waals surface area (Å²) in [4.78, 5) is 12.1. The van der Waals surface area contributed by atoms with Gasteiger partial charge in [-0.1, -0.05) is 17.3 Å². The van der Waals surface area contributed by atoms with Gasteiger partial charge in [0.05, 0.1) is 10.9 Å². The average molecular weight is 323 g/mol. The van der Waals surface area contributed by atoms with E-state index in [9.17, 15) is 13.2 Å². The summed E-state index contributed by atoms with van der Waals surface area (Å²) in [6.45, 7) is 4.93. The van der Waals surface area contributed by atoms with E-state index in [0.29, 0.717) is 5.76 Å². The quantitative estimate of drug-likeness (QED) is 0.870. The van der Waals surface area contributed by atoms with Gasteiger partial charge in [0.15, 0.2) is 5.82 Å². The molecule has 2 N–H and O–H groups in total. The van der Waals surface area contributed by atoms with Crippen molar-refractivity contribution >= 4 is 21.7 Å². The van der Waals surface area contributed by atoms with Crippen molar-refractivity contribution in [3.05, 3.63) is 41.7 Å². The molecule has 0 saturated heterocycles. The lowest BCUT2D eigenvalue weighted by Gasteiger charge is -2.13. The highest BCUT2D eigenvalue weighted by Crippen LogP contribution is 2.12. The highest BCUT2D eigenvalue weighted by atomic mass is 32.2. The van der Waals surface area contributed by atoms with Crippen LogP contribution >= 0.6 is 0 Å². The molecule has 118 valence electrons. The Kier molecular flexibility index (Phi) is 4.62. The lowest BCUT2D eigenvalue weighted by atomic mass is 10.2. The van der Waals surface area contributed by atoms with Crippen LogP contribution in [0.15, 0.2) is 39.8 Å². The van der Waals surface area contributed by atoms with Crippen molar-refractivity contribution in [1.82, 2.24) is 9.88 Å². The lowest BCUT2D eigenvalue weighted by Crippen LogP contribution is -2.41. The molecule has 1 amide bonds. The van der Waals surface area contributed by atoms with E-state index in [-0.39, 0.29) is 10.7 Å². The van der Waals surface area contributed by atoms with Gasteiger partial charge in [-0.15, -0.1) is 0 Å². The molecule has 1 heterocycles. The minimum Gasteiger partial charge on any atom is -0.360 e. The Morgan fingerprint density at radius 3 is 2.59 bits per heavy atom. The van der Waals surface area contributed by atoms with Crippen LogP contribution in [0, 0.1) is 13.8 Å². The Morgan fingerprint density at radius 1 is 1.27 bits per heavy atom. The molecule has 0 aliphatic carbocycles. The fraction of sp³-hybridized carbons (Fsp3) is 0.286. The summed E-state index contributed by atoms with van der Waals surface area (Å²) in [6.07, 6.45) is 0. The van der Waals surface area contributed by atoms with Gasteiger partial charge in [-0.3, -0.25) is 4.79 Å². The zero-order chi connectivity index (χ0) is 16.3. The van der Waals surface area contributed by atoms with Crippen LogP contribution in [0.1, 0.15) is 18.2 Å². The molecule has 22 heavy (non-hydrogen) atoms. The highest BCUT2D eigenvalue weighted by molar-refractivity contribution is 7.89. The molecule has 1 atom stereocenters. The second-order valence-electron chi connectivity index (χ2n) is 4.97. The number of carbonyl (C=O) groups is 1. The summed E-state index contributed by atoms with van der Waals surface area (Å²) in [5.74, 6) is 0.261. The molecule has 2 aromatic rings. The van der Waals surface area contributed by atoms with Crippen molar-refractivity contribution < 1.29 is 17.7 Å². The smallest absolute Gasteiger partial charge is 0.243 e. The van der Waals surface area contributed by atoms with E-state index >= 15 is 0 Å². The molecule has 0 spiro atoms. The maximum Gasteiger partial charge on any atom is 0.243 e. The summed E-state index contributed by atoms with van der Waals surface area (Å²) in [7, 11) is -3.77. The summed E-state index contributed by atoms with van der Waals surface area (Å²) < 4.78 is 31.6. The lowest BCUT2D eigenvalue weighted by molar-refractivity contribution is -0.117. The molecule has 0 bridgehead atoms. The van der Waals surface area contributed by atoms with E-state index in [1.165, 1.54) is 19.1 Å². The number of hydrogen-bond donors (Lipinski definition) is 2. The van der Waals surface area contributed by atoms with E-state index in [2.05, 4.69) is 15.2 Å². The number of nitrogens with one attached hydrogen (secondary N) is 2. The molecular weight excluding hydrogens is 306 g/mol. The van der Waals surface area contributed by atoms with Gasteiger partial charge < -0.3 is 9.84 Å². The number of aromatic nitrogens is 1. The third-order valence-electron chi connectivity index (χ3n) is 2.90. The number of anilines is 1. The summed E-state index contributed by atoms with van der Waals surface area (Å²) >= 11 is 0. The molecular formula is C14H17N3O4S. The zero-order valence-corrected chi connectivity index (χ0v) is 13.3. The first-order valence-corrected chi connectivity index (χ1v) is 8.09.